The van der Waals surface area contributed by atoms with E-state index in [1.165, 1.54) is 36.4 Å². The lowest BCUT2D eigenvalue weighted by molar-refractivity contribution is -0.384. The molecule has 0 spiro atoms. The van der Waals surface area contributed by atoms with Gasteiger partial charge in [-0.1, -0.05) is 17.3 Å². The van der Waals surface area contributed by atoms with Gasteiger partial charge in [-0.2, -0.15) is 0 Å². The lowest BCUT2D eigenvalue weighted by Crippen LogP contribution is -2.22. The summed E-state index contributed by atoms with van der Waals surface area (Å²) in [5.41, 5.74) is 0.495. The molecule has 11 nitrogen and oxygen atoms in total. The van der Waals surface area contributed by atoms with E-state index in [1.807, 2.05) is 0 Å². The average Bonchev–Trinajstić information content (AvgIpc) is 3.21. The van der Waals surface area contributed by atoms with Crippen LogP contribution in [0.4, 0.5) is 21.6 Å². The largest absolute Gasteiger partial charge is 0.409 e. The van der Waals surface area contributed by atoms with Crippen LogP contribution in [0.25, 0.3) is 0 Å². The van der Waals surface area contributed by atoms with Gasteiger partial charge in [-0.15, -0.1) is 0 Å². The van der Waals surface area contributed by atoms with Crippen LogP contribution in [0, 0.1) is 15.9 Å². The van der Waals surface area contributed by atoms with E-state index < -0.39 is 22.6 Å². The van der Waals surface area contributed by atoms with Gasteiger partial charge in [0.15, 0.2) is 5.69 Å². The number of halogens is 2. The summed E-state index contributed by atoms with van der Waals surface area (Å²) in [6.07, 6.45) is 0. The molecule has 3 rings (SSSR count). The van der Waals surface area contributed by atoms with Crippen molar-refractivity contribution in [3.05, 3.63) is 74.1 Å². The maximum atomic E-state index is 13.4. The number of anilines is 2. The molecule has 0 aliphatic rings. The van der Waals surface area contributed by atoms with Crippen molar-refractivity contribution in [3.63, 3.8) is 0 Å². The molecule has 0 saturated heterocycles. The smallest absolute Gasteiger partial charge is 0.269 e. The van der Waals surface area contributed by atoms with Crippen LogP contribution < -0.4 is 10.6 Å². The minimum Gasteiger partial charge on any atom is -0.409 e. The zero-order valence-corrected chi connectivity index (χ0v) is 17.3. The number of rotatable bonds is 6. The fraction of sp³-hybridized carbons (Fsp3) is 0.111. The van der Waals surface area contributed by atoms with Crippen LogP contribution in [0.15, 0.2) is 56.7 Å². The summed E-state index contributed by atoms with van der Waals surface area (Å²) in [6, 6.07) is 9.64. The predicted molar refractivity (Wildman–Crippen MR) is 110 cm³/mol. The Hall–Kier alpha value is -3.87. The van der Waals surface area contributed by atoms with E-state index in [0.29, 0.717) is 11.3 Å². The Balaban J connectivity index is 1.78. The van der Waals surface area contributed by atoms with Crippen molar-refractivity contribution in [2.75, 3.05) is 10.6 Å². The Labute approximate surface area is 182 Å². The number of amides is 1. The van der Waals surface area contributed by atoms with Crippen LogP contribution in [-0.4, -0.2) is 32.2 Å². The number of oxime groups is 1. The van der Waals surface area contributed by atoms with Crippen molar-refractivity contribution in [2.24, 2.45) is 5.16 Å². The summed E-state index contributed by atoms with van der Waals surface area (Å²) < 4.78 is 18.2. The highest BCUT2D eigenvalue weighted by molar-refractivity contribution is 9.10. The van der Waals surface area contributed by atoms with E-state index in [9.17, 15) is 24.5 Å². The number of carbonyl (C=O) groups is 1. The highest BCUT2D eigenvalue weighted by Crippen LogP contribution is 2.24. The number of hydrogen-bond donors (Lipinski definition) is 3. The fourth-order valence-electron chi connectivity index (χ4n) is 2.55. The van der Waals surface area contributed by atoms with Crippen LogP contribution >= 0.6 is 15.9 Å². The van der Waals surface area contributed by atoms with Crippen molar-refractivity contribution in [3.8, 4) is 0 Å². The van der Waals surface area contributed by atoms with E-state index in [2.05, 4.69) is 46.7 Å². The number of benzene rings is 2. The summed E-state index contributed by atoms with van der Waals surface area (Å²) in [5.74, 6) is -2.19. The molecule has 0 aliphatic heterocycles. The molecule has 160 valence electrons. The van der Waals surface area contributed by atoms with Gasteiger partial charge in [0, 0.05) is 17.8 Å². The van der Waals surface area contributed by atoms with Crippen molar-refractivity contribution in [1.82, 2.24) is 10.3 Å². The van der Waals surface area contributed by atoms with Crippen LogP contribution in [0.3, 0.4) is 0 Å². The summed E-state index contributed by atoms with van der Waals surface area (Å²) in [5, 5.41) is 35.8. The van der Waals surface area contributed by atoms with Crippen LogP contribution in [0.2, 0.25) is 0 Å². The van der Waals surface area contributed by atoms with Crippen molar-refractivity contribution in [1.29, 1.82) is 0 Å². The van der Waals surface area contributed by atoms with E-state index in [1.54, 1.807) is 13.0 Å². The molecule has 0 fully saturated rings. The quantitative estimate of drug-likeness (QED) is 0.154. The van der Waals surface area contributed by atoms with Gasteiger partial charge in [0.2, 0.25) is 17.6 Å². The van der Waals surface area contributed by atoms with E-state index in [0.717, 1.165) is 0 Å². The third-order valence-corrected chi connectivity index (χ3v) is 4.82. The molecule has 2 aromatic carbocycles. The molecular weight excluding hydrogens is 479 g/mol. The molecule has 1 aromatic heterocycles. The van der Waals surface area contributed by atoms with E-state index in [4.69, 9.17) is 0 Å². The summed E-state index contributed by atoms with van der Waals surface area (Å²) in [6.45, 7) is 1.55. The van der Waals surface area contributed by atoms with Crippen LogP contribution in [0.5, 0.6) is 0 Å². The van der Waals surface area contributed by atoms with Crippen molar-refractivity contribution >= 4 is 44.9 Å². The molecule has 1 atom stereocenters. The Morgan fingerprint density at radius 3 is 2.74 bits per heavy atom. The monoisotopic (exact) mass is 492 g/mol. The molecule has 3 N–H and O–H groups in total. The first-order valence-electron chi connectivity index (χ1n) is 8.62. The molecule has 0 radical (unpaired) electrons. The van der Waals surface area contributed by atoms with Crippen LogP contribution in [-0.2, 0) is 4.79 Å². The minimum atomic E-state index is -0.778. The number of aromatic nitrogens is 2. The van der Waals surface area contributed by atoms with E-state index in [-0.39, 0.29) is 27.5 Å². The molecule has 3 aromatic rings. The standard InChI is InChI=1S/C18H14BrFN6O5/c1-9(10-3-2-4-12(7-10)26(29)30)18(27)22-17-15(24-31-25-17)16(23-28)21-11-5-6-14(20)13(19)8-11/h2-9,28H,1H3,(H,21,23)(H,22,25,27). The normalized spacial score (nSPS) is 12.3. The van der Waals surface area contributed by atoms with Crippen LogP contribution in [0.1, 0.15) is 24.1 Å². The first-order valence-corrected chi connectivity index (χ1v) is 9.41. The number of non-ortho nitro benzene ring substituents is 1. The molecule has 0 aliphatic carbocycles. The minimum absolute atomic E-state index is 0.123. The zero-order chi connectivity index (χ0) is 22.5. The van der Waals surface area contributed by atoms with E-state index >= 15 is 0 Å². The molecule has 31 heavy (non-hydrogen) atoms. The van der Waals surface area contributed by atoms with Gasteiger partial charge in [-0.3, -0.25) is 14.9 Å². The molecule has 1 heterocycles. The number of nitrogens with zero attached hydrogens (tertiary/aromatic N) is 4. The second-order valence-electron chi connectivity index (χ2n) is 6.23. The second kappa shape index (κ2) is 9.30. The number of nitrogens with one attached hydrogen (secondary N) is 2. The maximum Gasteiger partial charge on any atom is 0.269 e. The number of carbonyl (C=O) groups excluding carboxylic acids is 1. The van der Waals surface area contributed by atoms with Gasteiger partial charge in [0.1, 0.15) is 5.82 Å². The highest BCUT2D eigenvalue weighted by atomic mass is 79.9. The van der Waals surface area contributed by atoms with Gasteiger partial charge in [-0.25, -0.2) is 9.02 Å². The summed E-state index contributed by atoms with van der Waals surface area (Å²) >= 11 is 3.04. The van der Waals surface area contributed by atoms with Gasteiger partial charge in [0.25, 0.3) is 5.69 Å². The lowest BCUT2D eigenvalue weighted by atomic mass is 10.00. The molecule has 0 bridgehead atoms. The number of nitro groups is 1. The first kappa shape index (κ1) is 21.8. The number of nitro benzene ring substituents is 1. The molecule has 1 amide bonds. The maximum absolute atomic E-state index is 13.4. The lowest BCUT2D eigenvalue weighted by Gasteiger charge is -2.12. The molecule has 1 unspecified atom stereocenters. The zero-order valence-electron chi connectivity index (χ0n) is 15.7. The second-order valence-corrected chi connectivity index (χ2v) is 7.08. The van der Waals surface area contributed by atoms with Gasteiger partial charge < -0.3 is 15.8 Å². The Kier molecular flexibility index (Phi) is 6.55. The van der Waals surface area contributed by atoms with Gasteiger partial charge in [-0.05, 0) is 56.9 Å². The summed E-state index contributed by atoms with van der Waals surface area (Å²) in [4.78, 5) is 23.0. The first-order chi connectivity index (χ1) is 14.8. The SMILES string of the molecule is CC(C(=O)Nc1nonc1/C(=N\O)Nc1ccc(F)c(Br)c1)c1cccc([N+](=O)[O-])c1. The molecular formula is C18H14BrFN6O5. The Bertz CT molecular complexity index is 1170. The van der Waals surface area contributed by atoms with Gasteiger partial charge >= 0.3 is 0 Å². The predicted octanol–water partition coefficient (Wildman–Crippen LogP) is 3.87. The van der Waals surface area contributed by atoms with Gasteiger partial charge in [0.05, 0.1) is 15.3 Å². The third kappa shape index (κ3) is 5.01. The molecule has 0 saturated carbocycles. The van der Waals surface area contributed by atoms with Crippen molar-refractivity contribution < 1.29 is 23.9 Å². The Morgan fingerprint density at radius 1 is 1.29 bits per heavy atom. The average molecular weight is 493 g/mol. The topological polar surface area (TPSA) is 156 Å². The summed E-state index contributed by atoms with van der Waals surface area (Å²) in [7, 11) is 0. The third-order valence-electron chi connectivity index (χ3n) is 4.21. The molecule has 13 heteroatoms. The number of amidine groups is 1. The fourth-order valence-corrected chi connectivity index (χ4v) is 2.93. The Morgan fingerprint density at radius 2 is 2.06 bits per heavy atom. The highest BCUT2D eigenvalue weighted by Gasteiger charge is 2.24. The van der Waals surface area contributed by atoms with Crippen molar-refractivity contribution in [2.45, 2.75) is 12.8 Å². The number of hydrogen-bond acceptors (Lipinski definition) is 8.